The van der Waals surface area contributed by atoms with E-state index in [0.717, 1.165) is 22.6 Å². The van der Waals surface area contributed by atoms with Crippen LogP contribution in [0.3, 0.4) is 0 Å². The first-order valence-corrected chi connectivity index (χ1v) is 4.36. The van der Waals surface area contributed by atoms with E-state index < -0.39 is 0 Å². The second kappa shape index (κ2) is 3.83. The first-order chi connectivity index (χ1) is 6.92. The molecule has 0 radical (unpaired) electrons. The Morgan fingerprint density at radius 3 is 2.86 bits per heavy atom. The summed E-state index contributed by atoms with van der Waals surface area (Å²) in [5, 5.41) is 2.20. The van der Waals surface area contributed by atoms with Crippen LogP contribution in [-0.4, -0.2) is 11.3 Å². The fourth-order valence-corrected chi connectivity index (χ4v) is 1.42. The molecule has 14 heavy (non-hydrogen) atoms. The lowest BCUT2D eigenvalue weighted by Crippen LogP contribution is -1.80. The van der Waals surface area contributed by atoms with Gasteiger partial charge in [-0.25, -0.2) is 0 Å². The Kier molecular flexibility index (Phi) is 2.36. The van der Waals surface area contributed by atoms with Crippen LogP contribution in [0.2, 0.25) is 0 Å². The summed E-state index contributed by atoms with van der Waals surface area (Å²) in [6.07, 6.45) is 7.57. The molecular weight excluding hydrogens is 174 g/mol. The number of aldehydes is 1. The van der Waals surface area contributed by atoms with Crippen LogP contribution in [0, 0.1) is 0 Å². The minimum Gasteiger partial charge on any atom is -0.299 e. The maximum Gasteiger partial charge on any atom is 0.142 e. The van der Waals surface area contributed by atoms with Crippen molar-refractivity contribution in [1.29, 1.82) is 0 Å². The van der Waals surface area contributed by atoms with Gasteiger partial charge in [0.2, 0.25) is 0 Å². The molecule has 0 N–H and O–H groups in total. The van der Waals surface area contributed by atoms with E-state index in [1.54, 1.807) is 12.3 Å². The molecule has 1 aromatic heterocycles. The third-order valence-corrected chi connectivity index (χ3v) is 2.05. The molecule has 0 aliphatic carbocycles. The predicted molar refractivity (Wildman–Crippen MR) is 56.8 cm³/mol. The Morgan fingerprint density at radius 2 is 2.00 bits per heavy atom. The number of carbonyl (C=O) groups is 1. The fraction of sp³-hybridized carbons (Fsp3) is 0. The Labute approximate surface area is 81.9 Å². The maximum atomic E-state index is 10.2. The molecule has 0 saturated carbocycles. The fourth-order valence-electron chi connectivity index (χ4n) is 1.42. The lowest BCUT2D eigenvalue weighted by molar-refractivity contribution is -0.104. The zero-order valence-corrected chi connectivity index (χ0v) is 7.55. The van der Waals surface area contributed by atoms with Crippen LogP contribution in [0.1, 0.15) is 5.56 Å². The number of hydrogen-bond donors (Lipinski definition) is 0. The molecule has 1 heterocycles. The number of carbonyl (C=O) groups excluding carboxylic acids is 1. The third-order valence-electron chi connectivity index (χ3n) is 2.05. The van der Waals surface area contributed by atoms with Crippen LogP contribution >= 0.6 is 0 Å². The molecule has 1 aromatic carbocycles. The van der Waals surface area contributed by atoms with Crippen molar-refractivity contribution in [2.45, 2.75) is 0 Å². The molecule has 0 spiro atoms. The molecule has 68 valence electrons. The summed E-state index contributed by atoms with van der Waals surface area (Å²) in [4.78, 5) is 14.3. The Morgan fingerprint density at radius 1 is 1.14 bits per heavy atom. The molecule has 0 aliphatic rings. The Hall–Kier alpha value is -1.96. The summed E-state index contributed by atoms with van der Waals surface area (Å²) in [5.41, 5.74) is 0.968. The predicted octanol–water partition coefficient (Wildman–Crippen LogP) is 2.45. The van der Waals surface area contributed by atoms with Gasteiger partial charge in [-0.3, -0.25) is 9.78 Å². The Balaban J connectivity index is 2.64. The monoisotopic (exact) mass is 183 g/mol. The van der Waals surface area contributed by atoms with Crippen LogP contribution in [0.5, 0.6) is 0 Å². The highest BCUT2D eigenvalue weighted by Crippen LogP contribution is 2.17. The summed E-state index contributed by atoms with van der Waals surface area (Å²) in [5.74, 6) is 0. The minimum atomic E-state index is 0.766. The van der Waals surface area contributed by atoms with Crippen molar-refractivity contribution in [1.82, 2.24) is 4.98 Å². The van der Waals surface area contributed by atoms with E-state index in [2.05, 4.69) is 4.98 Å². The summed E-state index contributed by atoms with van der Waals surface area (Å²) in [7, 11) is 0. The zero-order valence-electron chi connectivity index (χ0n) is 7.55. The van der Waals surface area contributed by atoms with Gasteiger partial charge in [0.1, 0.15) is 6.29 Å². The van der Waals surface area contributed by atoms with E-state index in [-0.39, 0.29) is 0 Å². The van der Waals surface area contributed by atoms with Crippen molar-refractivity contribution in [3.8, 4) is 0 Å². The molecule has 0 unspecified atom stereocenters. The van der Waals surface area contributed by atoms with Gasteiger partial charge in [0.15, 0.2) is 0 Å². The topological polar surface area (TPSA) is 30.0 Å². The van der Waals surface area contributed by atoms with Crippen molar-refractivity contribution in [2.75, 3.05) is 0 Å². The molecule has 0 aliphatic heterocycles. The van der Waals surface area contributed by atoms with Gasteiger partial charge in [-0.1, -0.05) is 24.3 Å². The molecule has 0 saturated heterocycles. The highest BCUT2D eigenvalue weighted by molar-refractivity contribution is 5.91. The van der Waals surface area contributed by atoms with Crippen LogP contribution in [0.15, 0.2) is 42.7 Å². The second-order valence-electron chi connectivity index (χ2n) is 2.95. The lowest BCUT2D eigenvalue weighted by Gasteiger charge is -1.99. The van der Waals surface area contributed by atoms with Gasteiger partial charge in [-0.05, 0) is 17.5 Å². The smallest absolute Gasteiger partial charge is 0.142 e. The van der Waals surface area contributed by atoms with E-state index in [1.165, 1.54) is 6.08 Å². The van der Waals surface area contributed by atoms with Gasteiger partial charge in [0.25, 0.3) is 0 Å². The minimum absolute atomic E-state index is 0.766. The molecule has 2 rings (SSSR count). The summed E-state index contributed by atoms with van der Waals surface area (Å²) < 4.78 is 0. The van der Waals surface area contributed by atoms with Gasteiger partial charge in [-0.2, -0.15) is 0 Å². The third kappa shape index (κ3) is 1.55. The normalized spacial score (nSPS) is 10.9. The van der Waals surface area contributed by atoms with Crippen molar-refractivity contribution < 1.29 is 4.79 Å². The number of allylic oxidation sites excluding steroid dienone is 1. The zero-order chi connectivity index (χ0) is 9.80. The lowest BCUT2D eigenvalue weighted by atomic mass is 10.1. The summed E-state index contributed by atoms with van der Waals surface area (Å²) >= 11 is 0. The second-order valence-corrected chi connectivity index (χ2v) is 2.95. The van der Waals surface area contributed by atoms with E-state index in [9.17, 15) is 4.79 Å². The van der Waals surface area contributed by atoms with Crippen LogP contribution in [0.25, 0.3) is 16.8 Å². The number of fused-ring (bicyclic) bond motifs is 1. The average molecular weight is 183 g/mol. The van der Waals surface area contributed by atoms with Crippen LogP contribution in [-0.2, 0) is 4.79 Å². The van der Waals surface area contributed by atoms with Crippen molar-refractivity contribution in [3.63, 3.8) is 0 Å². The van der Waals surface area contributed by atoms with E-state index in [1.807, 2.05) is 30.5 Å². The first-order valence-electron chi connectivity index (χ1n) is 4.36. The number of hydrogen-bond acceptors (Lipinski definition) is 2. The molecule has 0 atom stereocenters. The average Bonchev–Trinajstić information content (AvgIpc) is 2.26. The van der Waals surface area contributed by atoms with Crippen molar-refractivity contribution >= 4 is 23.1 Å². The van der Waals surface area contributed by atoms with Gasteiger partial charge >= 0.3 is 0 Å². The highest BCUT2D eigenvalue weighted by Gasteiger charge is 1.96. The number of rotatable bonds is 2. The summed E-state index contributed by atoms with van der Waals surface area (Å²) in [6.45, 7) is 0. The van der Waals surface area contributed by atoms with Crippen molar-refractivity contribution in [3.05, 3.63) is 48.3 Å². The molecule has 0 bridgehead atoms. The van der Waals surface area contributed by atoms with Gasteiger partial charge in [0, 0.05) is 23.3 Å². The molecule has 0 fully saturated rings. The van der Waals surface area contributed by atoms with Gasteiger partial charge in [0.05, 0.1) is 0 Å². The Bertz CT molecular complexity index is 483. The number of nitrogens with zero attached hydrogens (tertiary/aromatic N) is 1. The number of pyridine rings is 1. The quantitative estimate of drug-likeness (QED) is 0.528. The van der Waals surface area contributed by atoms with Crippen molar-refractivity contribution in [2.24, 2.45) is 0 Å². The largest absolute Gasteiger partial charge is 0.299 e. The van der Waals surface area contributed by atoms with E-state index in [4.69, 9.17) is 0 Å². The number of aromatic nitrogens is 1. The molecule has 2 heteroatoms. The van der Waals surface area contributed by atoms with Crippen LogP contribution < -0.4 is 0 Å². The van der Waals surface area contributed by atoms with E-state index >= 15 is 0 Å². The molecular formula is C12H9NO. The highest BCUT2D eigenvalue weighted by atomic mass is 16.1. The molecule has 2 nitrogen and oxygen atoms in total. The van der Waals surface area contributed by atoms with E-state index in [0.29, 0.717) is 0 Å². The van der Waals surface area contributed by atoms with Crippen LogP contribution in [0.4, 0.5) is 0 Å². The molecule has 0 amide bonds. The summed E-state index contributed by atoms with van der Waals surface area (Å²) in [6, 6.07) is 7.96. The maximum absolute atomic E-state index is 10.2. The molecule has 2 aromatic rings. The van der Waals surface area contributed by atoms with Gasteiger partial charge < -0.3 is 0 Å². The SMILES string of the molecule is O=CC=Cc1cncc2ccccc12. The standard InChI is InChI=1S/C12H9NO/c14-7-3-5-11-9-13-8-10-4-1-2-6-12(10)11/h1-9H. The van der Waals surface area contributed by atoms with Gasteiger partial charge in [-0.15, -0.1) is 0 Å². The number of benzene rings is 1. The first kappa shape index (κ1) is 8.63.